The highest BCUT2D eigenvalue weighted by atomic mass is 35.5. The number of rotatable bonds is 4. The zero-order chi connectivity index (χ0) is 13.5. The van der Waals surface area contributed by atoms with E-state index in [0.717, 1.165) is 36.5 Å². The van der Waals surface area contributed by atoms with E-state index in [0.29, 0.717) is 5.11 Å². The topological polar surface area (TPSA) is 24.1 Å². The zero-order valence-corrected chi connectivity index (χ0v) is 12.2. The van der Waals surface area contributed by atoms with Gasteiger partial charge in [-0.25, -0.2) is 0 Å². The van der Waals surface area contributed by atoms with Crippen molar-refractivity contribution in [1.29, 1.82) is 0 Å². The number of halogens is 1. The zero-order valence-electron chi connectivity index (χ0n) is 10.7. The lowest BCUT2D eigenvalue weighted by Gasteiger charge is -2.13. The monoisotopic (exact) mass is 292 g/mol. The minimum absolute atomic E-state index is 0.667. The van der Waals surface area contributed by atoms with Gasteiger partial charge < -0.3 is 10.6 Å². The molecule has 100 valence electrons. The normalized spacial score (nSPS) is 13.8. The SMILES string of the molecule is S=C(NCCc1cccc(Cl)c1)NC1=CCCC=C1. The van der Waals surface area contributed by atoms with E-state index in [1.165, 1.54) is 5.56 Å². The lowest BCUT2D eigenvalue weighted by Crippen LogP contribution is -2.35. The van der Waals surface area contributed by atoms with E-state index in [4.69, 9.17) is 23.8 Å². The minimum atomic E-state index is 0.667. The fraction of sp³-hybridized carbons (Fsp3) is 0.267. The molecule has 0 amide bonds. The van der Waals surface area contributed by atoms with Crippen LogP contribution in [0, 0.1) is 0 Å². The van der Waals surface area contributed by atoms with Crippen LogP contribution in [0.2, 0.25) is 5.02 Å². The average Bonchev–Trinajstić information content (AvgIpc) is 2.40. The molecule has 0 fully saturated rings. The van der Waals surface area contributed by atoms with E-state index in [-0.39, 0.29) is 0 Å². The highest BCUT2D eigenvalue weighted by Gasteiger charge is 2.00. The number of benzene rings is 1. The quantitative estimate of drug-likeness (QED) is 0.830. The summed E-state index contributed by atoms with van der Waals surface area (Å²) < 4.78 is 0. The number of allylic oxidation sites excluding steroid dienone is 3. The van der Waals surface area contributed by atoms with Crippen LogP contribution in [0.15, 0.2) is 48.2 Å². The van der Waals surface area contributed by atoms with Crippen molar-refractivity contribution in [2.45, 2.75) is 19.3 Å². The second-order valence-electron chi connectivity index (χ2n) is 4.40. The molecule has 1 aliphatic rings. The molecule has 1 aliphatic carbocycles. The smallest absolute Gasteiger partial charge is 0.170 e. The van der Waals surface area contributed by atoms with Crippen LogP contribution in [0.4, 0.5) is 0 Å². The van der Waals surface area contributed by atoms with Crippen LogP contribution in [0.3, 0.4) is 0 Å². The van der Waals surface area contributed by atoms with Crippen LogP contribution in [-0.4, -0.2) is 11.7 Å². The fourth-order valence-electron chi connectivity index (χ4n) is 1.89. The number of thiocarbonyl (C=S) groups is 1. The summed E-state index contributed by atoms with van der Waals surface area (Å²) >= 11 is 11.2. The molecule has 0 heterocycles. The van der Waals surface area contributed by atoms with Gasteiger partial charge in [-0.05, 0) is 55.3 Å². The van der Waals surface area contributed by atoms with E-state index in [1.54, 1.807) is 0 Å². The molecule has 2 nitrogen and oxygen atoms in total. The Kier molecular flexibility index (Phi) is 5.43. The predicted molar refractivity (Wildman–Crippen MR) is 85.3 cm³/mol. The van der Waals surface area contributed by atoms with Crippen molar-refractivity contribution in [3.05, 3.63) is 58.8 Å². The summed E-state index contributed by atoms with van der Waals surface area (Å²) in [5.41, 5.74) is 2.28. The van der Waals surface area contributed by atoms with Gasteiger partial charge in [0, 0.05) is 17.3 Å². The van der Waals surface area contributed by atoms with Gasteiger partial charge in [0.05, 0.1) is 0 Å². The lowest BCUT2D eigenvalue weighted by molar-refractivity contribution is 0.849. The summed E-state index contributed by atoms with van der Waals surface area (Å²) in [6, 6.07) is 7.89. The molecule has 0 radical (unpaired) electrons. The van der Waals surface area contributed by atoms with Crippen molar-refractivity contribution in [2.75, 3.05) is 6.54 Å². The highest BCUT2D eigenvalue weighted by molar-refractivity contribution is 7.80. The molecule has 0 saturated carbocycles. The van der Waals surface area contributed by atoms with Crippen LogP contribution >= 0.6 is 23.8 Å². The van der Waals surface area contributed by atoms with Gasteiger partial charge in [0.25, 0.3) is 0 Å². The third kappa shape index (κ3) is 5.05. The highest BCUT2D eigenvalue weighted by Crippen LogP contribution is 2.10. The van der Waals surface area contributed by atoms with Crippen molar-refractivity contribution in [3.8, 4) is 0 Å². The molecule has 0 unspecified atom stereocenters. The van der Waals surface area contributed by atoms with E-state index < -0.39 is 0 Å². The van der Waals surface area contributed by atoms with E-state index in [9.17, 15) is 0 Å². The minimum Gasteiger partial charge on any atom is -0.362 e. The molecular formula is C15H17ClN2S. The molecule has 19 heavy (non-hydrogen) atoms. The van der Waals surface area contributed by atoms with Gasteiger partial charge in [0.15, 0.2) is 5.11 Å². The third-order valence-corrected chi connectivity index (χ3v) is 3.32. The van der Waals surface area contributed by atoms with Crippen LogP contribution in [0.1, 0.15) is 18.4 Å². The molecule has 0 saturated heterocycles. The van der Waals surface area contributed by atoms with Gasteiger partial charge in [-0.1, -0.05) is 35.9 Å². The average molecular weight is 293 g/mol. The first-order chi connectivity index (χ1) is 9.24. The molecule has 0 atom stereocenters. The Hall–Kier alpha value is -1.32. The molecule has 0 spiro atoms. The van der Waals surface area contributed by atoms with Crippen LogP contribution < -0.4 is 10.6 Å². The summed E-state index contributed by atoms with van der Waals surface area (Å²) in [7, 11) is 0. The van der Waals surface area contributed by atoms with Gasteiger partial charge in [-0.15, -0.1) is 0 Å². The van der Waals surface area contributed by atoms with Crippen molar-refractivity contribution in [3.63, 3.8) is 0 Å². The molecule has 0 aromatic heterocycles. The first kappa shape index (κ1) is 14.1. The van der Waals surface area contributed by atoms with Crippen LogP contribution in [0.5, 0.6) is 0 Å². The summed E-state index contributed by atoms with van der Waals surface area (Å²) in [6.07, 6.45) is 9.46. The molecule has 1 aromatic rings. The van der Waals surface area contributed by atoms with Crippen molar-refractivity contribution in [2.24, 2.45) is 0 Å². The molecule has 0 aliphatic heterocycles. The lowest BCUT2D eigenvalue weighted by atomic mass is 10.1. The Labute approximate surface area is 124 Å². The first-order valence-electron chi connectivity index (χ1n) is 6.40. The standard InChI is InChI=1S/C15H17ClN2S/c16-13-6-4-5-12(11-13)9-10-17-15(19)18-14-7-2-1-3-8-14/h2,4-8,11H,1,3,9-10H2,(H2,17,18,19). The Morgan fingerprint density at radius 1 is 1.32 bits per heavy atom. The summed E-state index contributed by atoms with van der Waals surface area (Å²) in [6.45, 7) is 0.795. The molecule has 0 bridgehead atoms. The number of hydrogen-bond donors (Lipinski definition) is 2. The fourth-order valence-corrected chi connectivity index (χ4v) is 2.33. The Bertz CT molecular complexity index is 509. The van der Waals surface area contributed by atoms with Gasteiger partial charge in [0.2, 0.25) is 0 Å². The number of hydrogen-bond acceptors (Lipinski definition) is 1. The molecule has 4 heteroatoms. The molecule has 2 rings (SSSR count). The largest absolute Gasteiger partial charge is 0.362 e. The van der Waals surface area contributed by atoms with Gasteiger partial charge in [0.1, 0.15) is 0 Å². The van der Waals surface area contributed by atoms with Gasteiger partial charge >= 0.3 is 0 Å². The second kappa shape index (κ2) is 7.31. The van der Waals surface area contributed by atoms with E-state index >= 15 is 0 Å². The second-order valence-corrected chi connectivity index (χ2v) is 5.24. The first-order valence-corrected chi connectivity index (χ1v) is 7.18. The van der Waals surface area contributed by atoms with Crippen molar-refractivity contribution in [1.82, 2.24) is 10.6 Å². The van der Waals surface area contributed by atoms with E-state index in [2.05, 4.69) is 34.9 Å². The van der Waals surface area contributed by atoms with Crippen LogP contribution in [-0.2, 0) is 6.42 Å². The maximum Gasteiger partial charge on any atom is 0.170 e. The van der Waals surface area contributed by atoms with Crippen molar-refractivity contribution >= 4 is 28.9 Å². The van der Waals surface area contributed by atoms with Gasteiger partial charge in [-0.2, -0.15) is 0 Å². The van der Waals surface area contributed by atoms with Gasteiger partial charge in [-0.3, -0.25) is 0 Å². The Balaban J connectivity index is 1.72. The molecular weight excluding hydrogens is 276 g/mol. The molecule has 2 N–H and O–H groups in total. The summed E-state index contributed by atoms with van der Waals surface area (Å²) in [5, 5.41) is 7.83. The van der Waals surface area contributed by atoms with Crippen molar-refractivity contribution < 1.29 is 0 Å². The Morgan fingerprint density at radius 2 is 2.21 bits per heavy atom. The maximum absolute atomic E-state index is 5.94. The van der Waals surface area contributed by atoms with E-state index in [1.807, 2.05) is 18.2 Å². The molecule has 1 aromatic carbocycles. The summed E-state index contributed by atoms with van der Waals surface area (Å²) in [4.78, 5) is 0. The third-order valence-electron chi connectivity index (χ3n) is 2.84. The number of nitrogens with one attached hydrogen (secondary N) is 2. The predicted octanol–water partition coefficient (Wildman–Crippen LogP) is 3.58. The maximum atomic E-state index is 5.94. The summed E-state index contributed by atoms with van der Waals surface area (Å²) in [5.74, 6) is 0. The van der Waals surface area contributed by atoms with Crippen LogP contribution in [0.25, 0.3) is 0 Å². The Morgan fingerprint density at radius 3 is 2.95 bits per heavy atom.